The minimum Gasteiger partial charge on any atom is -0.468 e. The van der Waals surface area contributed by atoms with Crippen LogP contribution >= 0.6 is 0 Å². The molecule has 2 unspecified atom stereocenters. The monoisotopic (exact) mass is 259 g/mol. The van der Waals surface area contributed by atoms with Gasteiger partial charge in [0, 0.05) is 5.69 Å². The molecule has 2 heterocycles. The highest BCUT2D eigenvalue weighted by atomic mass is 16.5. The Bertz CT molecular complexity index is 554. The predicted molar refractivity (Wildman–Crippen MR) is 70.8 cm³/mol. The summed E-state index contributed by atoms with van der Waals surface area (Å²) in [6.07, 6.45) is 2.50. The highest BCUT2D eigenvalue weighted by molar-refractivity contribution is 6.16. The number of hydrogen-bond acceptors (Lipinski definition) is 3. The molecular formula is C15H17NO3. The number of amides is 1. The topological polar surface area (TPSA) is 46.6 Å². The maximum absolute atomic E-state index is 12.3. The van der Waals surface area contributed by atoms with Crippen LogP contribution in [-0.2, 0) is 20.7 Å². The first kappa shape index (κ1) is 12.2. The summed E-state index contributed by atoms with van der Waals surface area (Å²) >= 11 is 0. The van der Waals surface area contributed by atoms with E-state index in [1.807, 2.05) is 36.1 Å². The number of para-hydroxylation sites is 1. The molecular weight excluding hydrogens is 242 g/mol. The number of hydrogen-bond donors (Lipinski definition) is 0. The molecule has 0 saturated carbocycles. The Hall–Kier alpha value is -1.84. The van der Waals surface area contributed by atoms with Gasteiger partial charge in [0.15, 0.2) is 5.92 Å². The van der Waals surface area contributed by atoms with E-state index in [2.05, 4.69) is 0 Å². The molecule has 2 aliphatic heterocycles. The van der Waals surface area contributed by atoms with Crippen molar-refractivity contribution in [1.82, 2.24) is 0 Å². The molecule has 2 atom stereocenters. The Morgan fingerprint density at radius 2 is 2.21 bits per heavy atom. The molecule has 3 rings (SSSR count). The van der Waals surface area contributed by atoms with Gasteiger partial charge < -0.3 is 9.64 Å². The van der Waals surface area contributed by atoms with Crippen molar-refractivity contribution in [2.75, 3.05) is 12.0 Å². The minimum absolute atomic E-state index is 0.124. The third-order valence-electron chi connectivity index (χ3n) is 4.56. The number of β-lactam (4-membered cyclic amide) rings is 1. The number of carbonyl (C=O) groups is 2. The minimum atomic E-state index is -0.629. The molecule has 0 aromatic heterocycles. The first-order valence-corrected chi connectivity index (χ1v) is 6.65. The maximum Gasteiger partial charge on any atom is 0.320 e. The third-order valence-corrected chi connectivity index (χ3v) is 4.56. The first-order valence-electron chi connectivity index (χ1n) is 6.65. The molecule has 1 saturated heterocycles. The summed E-state index contributed by atoms with van der Waals surface area (Å²) in [6, 6.07) is 7.93. The zero-order valence-corrected chi connectivity index (χ0v) is 11.2. The van der Waals surface area contributed by atoms with Crippen LogP contribution in [0.4, 0.5) is 5.69 Å². The lowest BCUT2D eigenvalue weighted by atomic mass is 9.65. The van der Waals surface area contributed by atoms with E-state index < -0.39 is 11.9 Å². The Balaban J connectivity index is 2.06. The summed E-state index contributed by atoms with van der Waals surface area (Å²) in [5.74, 6) is -1.15. The number of benzene rings is 1. The molecule has 19 heavy (non-hydrogen) atoms. The molecule has 0 spiro atoms. The van der Waals surface area contributed by atoms with E-state index in [-0.39, 0.29) is 11.4 Å². The lowest BCUT2D eigenvalue weighted by Crippen LogP contribution is -2.74. The largest absolute Gasteiger partial charge is 0.468 e. The van der Waals surface area contributed by atoms with Crippen LogP contribution < -0.4 is 4.90 Å². The van der Waals surface area contributed by atoms with Crippen molar-refractivity contribution in [3.8, 4) is 0 Å². The first-order chi connectivity index (χ1) is 9.15. The van der Waals surface area contributed by atoms with Crippen molar-refractivity contribution in [2.45, 2.75) is 31.7 Å². The summed E-state index contributed by atoms with van der Waals surface area (Å²) in [7, 11) is 1.35. The summed E-state index contributed by atoms with van der Waals surface area (Å²) in [6.45, 7) is 2.03. The van der Waals surface area contributed by atoms with E-state index in [4.69, 9.17) is 4.74 Å². The molecule has 100 valence electrons. The van der Waals surface area contributed by atoms with E-state index >= 15 is 0 Å². The summed E-state index contributed by atoms with van der Waals surface area (Å²) < 4.78 is 4.80. The Morgan fingerprint density at radius 3 is 2.89 bits per heavy atom. The fraction of sp³-hybridized carbons (Fsp3) is 0.467. The van der Waals surface area contributed by atoms with Gasteiger partial charge in [-0.1, -0.05) is 25.1 Å². The second-order valence-electron chi connectivity index (χ2n) is 5.22. The van der Waals surface area contributed by atoms with E-state index in [1.54, 1.807) is 0 Å². The predicted octanol–water partition coefficient (Wildman–Crippen LogP) is 1.92. The van der Waals surface area contributed by atoms with Crippen LogP contribution in [0.2, 0.25) is 0 Å². The third kappa shape index (κ3) is 1.40. The van der Waals surface area contributed by atoms with Crippen molar-refractivity contribution in [2.24, 2.45) is 5.92 Å². The average molecular weight is 259 g/mol. The molecule has 0 bridgehead atoms. The Morgan fingerprint density at radius 1 is 1.47 bits per heavy atom. The van der Waals surface area contributed by atoms with Crippen LogP contribution in [0, 0.1) is 5.92 Å². The number of rotatable bonds is 2. The zero-order valence-electron chi connectivity index (χ0n) is 11.2. The molecule has 4 heteroatoms. The lowest BCUT2D eigenvalue weighted by Gasteiger charge is -2.58. The number of methoxy groups -OCH3 is 1. The number of aryl methyl sites for hydroxylation is 1. The van der Waals surface area contributed by atoms with Gasteiger partial charge in [-0.25, -0.2) is 0 Å². The average Bonchev–Trinajstić information content (AvgIpc) is 2.44. The van der Waals surface area contributed by atoms with Gasteiger partial charge in [0.05, 0.1) is 12.6 Å². The normalized spacial score (nSPS) is 28.2. The van der Waals surface area contributed by atoms with Gasteiger partial charge in [-0.2, -0.15) is 0 Å². The number of ether oxygens (including phenoxy) is 1. The van der Waals surface area contributed by atoms with Crippen molar-refractivity contribution in [3.05, 3.63) is 29.8 Å². The number of anilines is 1. The highest BCUT2D eigenvalue weighted by Crippen LogP contribution is 2.51. The molecule has 0 radical (unpaired) electrons. The molecule has 2 aliphatic rings. The second-order valence-corrected chi connectivity index (χ2v) is 5.22. The quantitative estimate of drug-likeness (QED) is 0.463. The van der Waals surface area contributed by atoms with E-state index in [9.17, 15) is 9.59 Å². The van der Waals surface area contributed by atoms with Gasteiger partial charge in [-0.15, -0.1) is 0 Å². The van der Waals surface area contributed by atoms with Crippen LogP contribution in [0.15, 0.2) is 24.3 Å². The lowest BCUT2D eigenvalue weighted by molar-refractivity contribution is -0.160. The van der Waals surface area contributed by atoms with Crippen molar-refractivity contribution in [3.63, 3.8) is 0 Å². The van der Waals surface area contributed by atoms with Crippen LogP contribution in [0.1, 0.15) is 25.3 Å². The van der Waals surface area contributed by atoms with Crippen molar-refractivity contribution < 1.29 is 14.3 Å². The van der Waals surface area contributed by atoms with Gasteiger partial charge in [-0.3, -0.25) is 9.59 Å². The van der Waals surface area contributed by atoms with Gasteiger partial charge in [0.25, 0.3) is 0 Å². The fourth-order valence-electron chi connectivity index (χ4n) is 3.52. The zero-order chi connectivity index (χ0) is 13.6. The van der Waals surface area contributed by atoms with Crippen LogP contribution in [-0.4, -0.2) is 24.5 Å². The number of esters is 1. The smallest absolute Gasteiger partial charge is 0.320 e. The summed E-state index contributed by atoms with van der Waals surface area (Å²) in [5, 5.41) is 0. The van der Waals surface area contributed by atoms with Crippen LogP contribution in [0.5, 0.6) is 0 Å². The van der Waals surface area contributed by atoms with Gasteiger partial charge in [-0.05, 0) is 30.9 Å². The highest BCUT2D eigenvalue weighted by Gasteiger charge is 2.64. The molecule has 1 aromatic carbocycles. The molecule has 1 aromatic rings. The second kappa shape index (κ2) is 4.08. The van der Waals surface area contributed by atoms with E-state index in [0.717, 1.165) is 24.9 Å². The van der Waals surface area contributed by atoms with Crippen LogP contribution in [0.3, 0.4) is 0 Å². The molecule has 1 amide bonds. The van der Waals surface area contributed by atoms with Crippen molar-refractivity contribution in [1.29, 1.82) is 0 Å². The Labute approximate surface area is 112 Å². The molecule has 0 aliphatic carbocycles. The van der Waals surface area contributed by atoms with Crippen molar-refractivity contribution >= 4 is 17.6 Å². The Kier molecular flexibility index (Phi) is 2.62. The molecule has 1 fully saturated rings. The number of carbonyl (C=O) groups excluding carboxylic acids is 2. The van der Waals surface area contributed by atoms with Gasteiger partial charge in [0.2, 0.25) is 5.91 Å². The molecule has 4 nitrogen and oxygen atoms in total. The summed E-state index contributed by atoms with van der Waals surface area (Å²) in [4.78, 5) is 26.0. The van der Waals surface area contributed by atoms with Gasteiger partial charge in [0.1, 0.15) is 0 Å². The summed E-state index contributed by atoms with van der Waals surface area (Å²) in [5.41, 5.74) is 1.77. The number of fused-ring (bicyclic) bond motifs is 3. The molecule has 0 N–H and O–H groups in total. The van der Waals surface area contributed by atoms with E-state index in [0.29, 0.717) is 0 Å². The number of nitrogens with zero attached hydrogens (tertiary/aromatic N) is 1. The SMILES string of the molecule is CCC12CCc3ccccc3N1C(=O)C2C(=O)OC. The fourth-order valence-corrected chi connectivity index (χ4v) is 3.52. The van der Waals surface area contributed by atoms with Gasteiger partial charge >= 0.3 is 5.97 Å². The standard InChI is InChI=1S/C15H17NO3/c1-3-15-9-8-10-6-4-5-7-11(10)16(15)13(17)12(15)14(18)19-2/h4-7,12H,3,8-9H2,1-2H3. The maximum atomic E-state index is 12.3. The van der Waals surface area contributed by atoms with E-state index in [1.165, 1.54) is 12.7 Å². The van der Waals surface area contributed by atoms with Crippen LogP contribution in [0.25, 0.3) is 0 Å².